The fourth-order valence-electron chi connectivity index (χ4n) is 2.19. The molecule has 0 fully saturated rings. The van der Waals surface area contributed by atoms with E-state index in [4.69, 9.17) is 21.1 Å². The highest BCUT2D eigenvalue weighted by molar-refractivity contribution is 6.30. The maximum atomic E-state index is 10.7. The molecule has 106 valence electrons. The first-order chi connectivity index (χ1) is 10.1. The van der Waals surface area contributed by atoms with Gasteiger partial charge >= 0.3 is 5.79 Å². The molecule has 6 heteroatoms. The fraction of sp³-hybridized carbons (Fsp3) is 0.0667. The van der Waals surface area contributed by atoms with Crippen LogP contribution in [0.15, 0.2) is 61.1 Å². The van der Waals surface area contributed by atoms with Crippen LogP contribution in [0.3, 0.4) is 0 Å². The Balaban J connectivity index is 2.05. The van der Waals surface area contributed by atoms with Crippen molar-refractivity contribution < 1.29 is 14.4 Å². The molecule has 5 nitrogen and oxygen atoms in total. The molecule has 0 N–H and O–H groups in total. The number of nitro benzene ring substituents is 1. The van der Waals surface area contributed by atoms with Gasteiger partial charge in [0.05, 0.1) is 4.92 Å². The van der Waals surface area contributed by atoms with Gasteiger partial charge in [0, 0.05) is 28.3 Å². The summed E-state index contributed by atoms with van der Waals surface area (Å²) < 4.78 is 11.3. The van der Waals surface area contributed by atoms with Crippen molar-refractivity contribution in [2.75, 3.05) is 0 Å². The van der Waals surface area contributed by atoms with Crippen LogP contribution in [-0.4, -0.2) is 4.92 Å². The molecule has 0 spiro atoms. The molecule has 0 aliphatic carbocycles. The number of nitrogens with zero attached hydrogens (tertiary/aromatic N) is 1. The topological polar surface area (TPSA) is 61.6 Å². The Labute approximate surface area is 125 Å². The second-order valence-electron chi connectivity index (χ2n) is 4.44. The standard InChI is InChI=1S/C15H10ClNO4/c16-13-5-1-11(2-6-13)15(20-9-10-21-15)12-3-7-14(8-4-12)17(18)19/h1-10H. The van der Waals surface area contributed by atoms with E-state index in [0.29, 0.717) is 10.6 Å². The van der Waals surface area contributed by atoms with E-state index < -0.39 is 10.7 Å². The number of non-ortho nitro benzene ring substituents is 1. The van der Waals surface area contributed by atoms with Crippen molar-refractivity contribution >= 4 is 17.3 Å². The molecule has 1 heterocycles. The summed E-state index contributed by atoms with van der Waals surface area (Å²) in [5.41, 5.74) is 1.40. The van der Waals surface area contributed by atoms with Crippen LogP contribution in [-0.2, 0) is 15.3 Å². The lowest BCUT2D eigenvalue weighted by atomic mass is 9.97. The Hall–Kier alpha value is -2.53. The van der Waals surface area contributed by atoms with Gasteiger partial charge in [-0.15, -0.1) is 0 Å². The van der Waals surface area contributed by atoms with E-state index in [1.54, 1.807) is 36.4 Å². The van der Waals surface area contributed by atoms with Crippen molar-refractivity contribution in [3.8, 4) is 0 Å². The second-order valence-corrected chi connectivity index (χ2v) is 4.87. The van der Waals surface area contributed by atoms with E-state index in [0.717, 1.165) is 5.56 Å². The Morgan fingerprint density at radius 2 is 1.38 bits per heavy atom. The van der Waals surface area contributed by atoms with Gasteiger partial charge in [-0.2, -0.15) is 0 Å². The number of halogens is 1. The first kappa shape index (κ1) is 13.5. The van der Waals surface area contributed by atoms with Crippen LogP contribution in [0.4, 0.5) is 5.69 Å². The number of benzene rings is 2. The van der Waals surface area contributed by atoms with E-state index in [2.05, 4.69) is 0 Å². The lowest BCUT2D eigenvalue weighted by Crippen LogP contribution is -2.28. The van der Waals surface area contributed by atoms with Crippen molar-refractivity contribution in [2.24, 2.45) is 0 Å². The summed E-state index contributed by atoms with van der Waals surface area (Å²) in [5.74, 6) is -1.14. The summed E-state index contributed by atoms with van der Waals surface area (Å²) in [5, 5.41) is 11.3. The van der Waals surface area contributed by atoms with Crippen LogP contribution >= 0.6 is 11.6 Å². The third-order valence-electron chi connectivity index (χ3n) is 3.21. The zero-order valence-corrected chi connectivity index (χ0v) is 11.5. The summed E-state index contributed by atoms with van der Waals surface area (Å²) in [6.45, 7) is 0. The zero-order valence-electron chi connectivity index (χ0n) is 10.7. The van der Waals surface area contributed by atoms with Gasteiger partial charge in [0.2, 0.25) is 0 Å². The van der Waals surface area contributed by atoms with Crippen LogP contribution < -0.4 is 0 Å². The number of ether oxygens (including phenoxy) is 2. The molecule has 21 heavy (non-hydrogen) atoms. The van der Waals surface area contributed by atoms with Gasteiger partial charge in [0.1, 0.15) is 12.5 Å². The maximum Gasteiger partial charge on any atom is 0.304 e. The summed E-state index contributed by atoms with van der Waals surface area (Å²) in [6, 6.07) is 13.1. The lowest BCUT2D eigenvalue weighted by Gasteiger charge is -2.28. The van der Waals surface area contributed by atoms with Gasteiger partial charge in [0.15, 0.2) is 0 Å². The highest BCUT2D eigenvalue weighted by Crippen LogP contribution is 2.39. The first-order valence-electron chi connectivity index (χ1n) is 6.13. The molecule has 0 atom stereocenters. The van der Waals surface area contributed by atoms with E-state index >= 15 is 0 Å². The van der Waals surface area contributed by atoms with E-state index in [-0.39, 0.29) is 5.69 Å². The minimum absolute atomic E-state index is 0.0102. The Morgan fingerprint density at radius 3 is 1.86 bits per heavy atom. The molecule has 0 radical (unpaired) electrons. The summed E-state index contributed by atoms with van der Waals surface area (Å²) in [7, 11) is 0. The van der Waals surface area contributed by atoms with Crippen molar-refractivity contribution in [1.29, 1.82) is 0 Å². The molecule has 0 bridgehead atoms. The number of hydrogen-bond acceptors (Lipinski definition) is 4. The third-order valence-corrected chi connectivity index (χ3v) is 3.46. The zero-order chi connectivity index (χ0) is 14.9. The van der Waals surface area contributed by atoms with E-state index in [1.165, 1.54) is 24.7 Å². The van der Waals surface area contributed by atoms with Crippen molar-refractivity contribution in [3.05, 3.63) is 87.3 Å². The fourth-order valence-corrected chi connectivity index (χ4v) is 2.31. The molecular formula is C15H10ClNO4. The van der Waals surface area contributed by atoms with Crippen LogP contribution in [0.25, 0.3) is 0 Å². The summed E-state index contributed by atoms with van der Waals surface area (Å²) in [6.07, 6.45) is 2.88. The summed E-state index contributed by atoms with van der Waals surface area (Å²) in [4.78, 5) is 10.3. The van der Waals surface area contributed by atoms with Crippen molar-refractivity contribution in [1.82, 2.24) is 0 Å². The van der Waals surface area contributed by atoms with Gasteiger partial charge in [-0.05, 0) is 36.4 Å². The third kappa shape index (κ3) is 2.32. The van der Waals surface area contributed by atoms with Crippen LogP contribution in [0, 0.1) is 10.1 Å². The molecule has 0 aromatic heterocycles. The van der Waals surface area contributed by atoms with Gasteiger partial charge in [-0.25, -0.2) is 0 Å². The smallest absolute Gasteiger partial charge is 0.304 e. The normalized spacial score (nSPS) is 15.3. The average Bonchev–Trinajstić information content (AvgIpc) is 2.99. The molecule has 3 rings (SSSR count). The molecule has 1 aliphatic rings. The highest BCUT2D eigenvalue weighted by Gasteiger charge is 2.40. The quantitative estimate of drug-likeness (QED) is 0.636. The molecule has 0 amide bonds. The maximum absolute atomic E-state index is 10.7. The van der Waals surface area contributed by atoms with Crippen molar-refractivity contribution in [3.63, 3.8) is 0 Å². The second kappa shape index (κ2) is 5.10. The SMILES string of the molecule is O=[N+]([O-])c1ccc(C2(c3ccc(Cl)cc3)OC=CO2)cc1. The molecule has 2 aromatic carbocycles. The highest BCUT2D eigenvalue weighted by atomic mass is 35.5. The molecule has 0 unspecified atom stereocenters. The van der Waals surface area contributed by atoms with Crippen LogP contribution in [0.1, 0.15) is 11.1 Å². The van der Waals surface area contributed by atoms with Crippen molar-refractivity contribution in [2.45, 2.75) is 5.79 Å². The van der Waals surface area contributed by atoms with Crippen LogP contribution in [0.5, 0.6) is 0 Å². The predicted molar refractivity (Wildman–Crippen MR) is 76.6 cm³/mol. The average molecular weight is 304 g/mol. The minimum atomic E-state index is -1.14. The van der Waals surface area contributed by atoms with Gasteiger partial charge < -0.3 is 9.47 Å². The molecular weight excluding hydrogens is 294 g/mol. The number of nitro groups is 1. The molecule has 0 saturated carbocycles. The Morgan fingerprint density at radius 1 is 0.905 bits per heavy atom. The number of hydrogen-bond donors (Lipinski definition) is 0. The van der Waals surface area contributed by atoms with E-state index in [9.17, 15) is 10.1 Å². The van der Waals surface area contributed by atoms with Crippen LogP contribution in [0.2, 0.25) is 5.02 Å². The van der Waals surface area contributed by atoms with Gasteiger partial charge in [0.25, 0.3) is 5.69 Å². The molecule has 2 aromatic rings. The largest absolute Gasteiger partial charge is 0.449 e. The minimum Gasteiger partial charge on any atom is -0.449 e. The van der Waals surface area contributed by atoms with Gasteiger partial charge in [-0.1, -0.05) is 11.6 Å². The van der Waals surface area contributed by atoms with Gasteiger partial charge in [-0.3, -0.25) is 10.1 Å². The Bertz CT molecular complexity index is 687. The monoisotopic (exact) mass is 303 g/mol. The lowest BCUT2D eigenvalue weighted by molar-refractivity contribution is -0.384. The summed E-state index contributed by atoms with van der Waals surface area (Å²) >= 11 is 5.89. The molecule has 1 aliphatic heterocycles. The molecule has 0 saturated heterocycles. The number of rotatable bonds is 3. The first-order valence-corrected chi connectivity index (χ1v) is 6.51. The Kier molecular flexibility index (Phi) is 3.27. The van der Waals surface area contributed by atoms with E-state index in [1.807, 2.05) is 0 Å². The predicted octanol–water partition coefficient (Wildman–Crippen LogP) is 3.97.